The molecule has 1 aliphatic rings. The Kier molecular flexibility index (Phi) is 6.14. The maximum Gasteiger partial charge on any atom is 0.272 e. The number of nitrogens with one attached hydrogen (secondary N) is 1. The van der Waals surface area contributed by atoms with E-state index in [4.69, 9.17) is 21.3 Å². The Morgan fingerprint density at radius 1 is 1.31 bits per heavy atom. The quantitative estimate of drug-likeness (QED) is 0.317. The molecule has 1 amide bonds. The Morgan fingerprint density at radius 3 is 2.94 bits per heavy atom. The van der Waals surface area contributed by atoms with E-state index in [1.807, 2.05) is 12.1 Å². The molecule has 0 spiro atoms. The number of nitrogens with zero attached hydrogens (tertiary/aromatic N) is 3. The summed E-state index contributed by atoms with van der Waals surface area (Å²) in [6, 6.07) is 10.7. The van der Waals surface area contributed by atoms with Gasteiger partial charge in [0.25, 0.3) is 5.56 Å². The van der Waals surface area contributed by atoms with Gasteiger partial charge >= 0.3 is 0 Å². The van der Waals surface area contributed by atoms with E-state index in [9.17, 15) is 9.59 Å². The molecule has 32 heavy (non-hydrogen) atoms. The molecule has 0 bridgehead atoms. The number of fused-ring (bicyclic) bond motifs is 3. The number of hydrogen-bond donors (Lipinski definition) is 1. The number of carbonyl (C=O) groups is 1. The summed E-state index contributed by atoms with van der Waals surface area (Å²) in [7, 11) is 0. The number of hydrogen-bond acceptors (Lipinski definition) is 7. The maximum atomic E-state index is 13.4. The fourth-order valence-corrected chi connectivity index (χ4v) is 5.62. The van der Waals surface area contributed by atoms with Gasteiger partial charge in [-0.2, -0.15) is 0 Å². The Hall–Kier alpha value is -2.46. The van der Waals surface area contributed by atoms with Gasteiger partial charge in [-0.15, -0.1) is 11.3 Å². The Labute approximate surface area is 196 Å². The maximum absolute atomic E-state index is 13.4. The van der Waals surface area contributed by atoms with Crippen LogP contribution < -0.4 is 10.9 Å². The molecule has 1 saturated heterocycles. The SMILES string of the molecule is O=C(CSc1nc2c(sc3ncccc32)c(=O)n1C[C@@H]1CCCO1)Nc1ccc(Cl)cc1. The lowest BCUT2D eigenvalue weighted by molar-refractivity contribution is -0.113. The normalized spacial score (nSPS) is 16.1. The molecule has 1 N–H and O–H groups in total. The molecule has 0 saturated carbocycles. The monoisotopic (exact) mass is 486 g/mol. The van der Waals surface area contributed by atoms with E-state index in [0.717, 1.165) is 23.1 Å². The fraction of sp³-hybridized carbons (Fsp3) is 0.273. The van der Waals surface area contributed by atoms with Crippen LogP contribution in [0.25, 0.3) is 20.4 Å². The molecular weight excluding hydrogens is 468 g/mol. The molecule has 164 valence electrons. The third-order valence-electron chi connectivity index (χ3n) is 5.19. The molecule has 4 heterocycles. The summed E-state index contributed by atoms with van der Waals surface area (Å²) in [4.78, 5) is 35.9. The van der Waals surface area contributed by atoms with Crippen molar-refractivity contribution in [2.24, 2.45) is 0 Å². The Balaban J connectivity index is 1.46. The smallest absolute Gasteiger partial charge is 0.272 e. The van der Waals surface area contributed by atoms with E-state index in [-0.39, 0.29) is 23.3 Å². The van der Waals surface area contributed by atoms with Crippen LogP contribution in [0.3, 0.4) is 0 Å². The van der Waals surface area contributed by atoms with Crippen molar-refractivity contribution in [2.45, 2.75) is 30.6 Å². The standard InChI is InChI=1S/C22H19ClN4O3S2/c23-13-5-7-14(8-6-13)25-17(28)12-31-22-26-18-16-4-1-9-24-20(16)32-19(18)21(29)27(22)11-15-3-2-10-30-15/h1,4-9,15H,2-3,10-12H2,(H,25,28)/t15-/m0/s1. The number of pyridine rings is 1. The number of amides is 1. The van der Waals surface area contributed by atoms with Gasteiger partial charge < -0.3 is 10.1 Å². The lowest BCUT2D eigenvalue weighted by Gasteiger charge is -2.15. The van der Waals surface area contributed by atoms with Gasteiger partial charge in [-0.3, -0.25) is 14.2 Å². The molecular formula is C22H19ClN4O3S2. The summed E-state index contributed by atoms with van der Waals surface area (Å²) in [6.07, 6.45) is 3.56. The highest BCUT2D eigenvalue weighted by Crippen LogP contribution is 2.31. The van der Waals surface area contributed by atoms with Crippen LogP contribution in [0, 0.1) is 0 Å². The number of rotatable bonds is 6. The number of aromatic nitrogens is 3. The van der Waals surface area contributed by atoms with Crippen LogP contribution in [0.15, 0.2) is 52.5 Å². The van der Waals surface area contributed by atoms with Crippen molar-refractivity contribution < 1.29 is 9.53 Å². The van der Waals surface area contributed by atoms with E-state index < -0.39 is 0 Å². The number of anilines is 1. The molecule has 7 nitrogen and oxygen atoms in total. The first-order valence-electron chi connectivity index (χ1n) is 10.2. The molecule has 1 aromatic carbocycles. The summed E-state index contributed by atoms with van der Waals surface area (Å²) >= 11 is 8.49. The predicted molar refractivity (Wildman–Crippen MR) is 129 cm³/mol. The minimum atomic E-state index is -0.188. The number of carbonyl (C=O) groups excluding carboxylic acids is 1. The summed E-state index contributed by atoms with van der Waals surface area (Å²) < 4.78 is 7.98. The molecule has 1 atom stereocenters. The van der Waals surface area contributed by atoms with Gasteiger partial charge in [0.2, 0.25) is 5.91 Å². The van der Waals surface area contributed by atoms with E-state index in [2.05, 4.69) is 10.3 Å². The molecule has 3 aromatic heterocycles. The van der Waals surface area contributed by atoms with Crippen LogP contribution in [0.5, 0.6) is 0 Å². The van der Waals surface area contributed by atoms with Crippen molar-refractivity contribution in [3.05, 3.63) is 58.0 Å². The van der Waals surface area contributed by atoms with Crippen LogP contribution in [0.1, 0.15) is 12.8 Å². The number of ether oxygens (including phenoxy) is 1. The number of benzene rings is 1. The number of halogens is 1. The van der Waals surface area contributed by atoms with E-state index in [0.29, 0.717) is 39.2 Å². The zero-order valence-corrected chi connectivity index (χ0v) is 19.3. The fourth-order valence-electron chi connectivity index (χ4n) is 3.66. The summed E-state index contributed by atoms with van der Waals surface area (Å²) in [5.41, 5.74) is 1.18. The molecule has 1 aliphatic heterocycles. The molecule has 10 heteroatoms. The highest BCUT2D eigenvalue weighted by atomic mass is 35.5. The lowest BCUT2D eigenvalue weighted by Crippen LogP contribution is -2.28. The van der Waals surface area contributed by atoms with Crippen molar-refractivity contribution in [1.82, 2.24) is 14.5 Å². The summed E-state index contributed by atoms with van der Waals surface area (Å²) in [5.74, 6) is -0.0703. The largest absolute Gasteiger partial charge is 0.376 e. The Bertz CT molecular complexity index is 1350. The van der Waals surface area contributed by atoms with Crippen LogP contribution >= 0.6 is 34.7 Å². The summed E-state index contributed by atoms with van der Waals surface area (Å²) in [5, 5.41) is 4.80. The third kappa shape index (κ3) is 4.38. The second kappa shape index (κ2) is 9.19. The number of thiophene rings is 1. The highest BCUT2D eigenvalue weighted by molar-refractivity contribution is 7.99. The van der Waals surface area contributed by atoms with Gasteiger partial charge in [-0.1, -0.05) is 23.4 Å². The molecule has 4 aromatic rings. The van der Waals surface area contributed by atoms with Crippen LogP contribution in [0.4, 0.5) is 5.69 Å². The first kappa shape index (κ1) is 21.4. The van der Waals surface area contributed by atoms with Crippen molar-refractivity contribution in [3.63, 3.8) is 0 Å². The zero-order chi connectivity index (χ0) is 22.1. The molecule has 0 radical (unpaired) electrons. The molecule has 1 fully saturated rings. The average Bonchev–Trinajstić information content (AvgIpc) is 3.44. The summed E-state index contributed by atoms with van der Waals surface area (Å²) in [6.45, 7) is 1.12. The minimum Gasteiger partial charge on any atom is -0.376 e. The average molecular weight is 487 g/mol. The van der Waals surface area contributed by atoms with E-state index in [1.54, 1.807) is 35.0 Å². The van der Waals surface area contributed by atoms with Gasteiger partial charge in [0.15, 0.2) is 5.16 Å². The molecule has 0 unspecified atom stereocenters. The van der Waals surface area contributed by atoms with Gasteiger partial charge in [0.1, 0.15) is 9.53 Å². The highest BCUT2D eigenvalue weighted by Gasteiger charge is 2.22. The van der Waals surface area contributed by atoms with Gasteiger partial charge in [0, 0.05) is 28.9 Å². The second-order valence-electron chi connectivity index (χ2n) is 7.42. The van der Waals surface area contributed by atoms with Gasteiger partial charge in [0.05, 0.1) is 23.9 Å². The molecule has 0 aliphatic carbocycles. The van der Waals surface area contributed by atoms with Crippen molar-refractivity contribution in [2.75, 3.05) is 17.7 Å². The first-order chi connectivity index (χ1) is 15.6. The van der Waals surface area contributed by atoms with Crippen molar-refractivity contribution in [1.29, 1.82) is 0 Å². The Morgan fingerprint density at radius 2 is 2.16 bits per heavy atom. The van der Waals surface area contributed by atoms with Crippen LogP contribution in [-0.4, -0.2) is 38.9 Å². The minimum absolute atomic E-state index is 0.0262. The lowest BCUT2D eigenvalue weighted by atomic mass is 10.2. The van der Waals surface area contributed by atoms with E-state index in [1.165, 1.54) is 23.1 Å². The van der Waals surface area contributed by atoms with Crippen LogP contribution in [-0.2, 0) is 16.1 Å². The number of thioether (sulfide) groups is 1. The van der Waals surface area contributed by atoms with Gasteiger partial charge in [-0.25, -0.2) is 9.97 Å². The zero-order valence-electron chi connectivity index (χ0n) is 16.9. The topological polar surface area (TPSA) is 86.1 Å². The van der Waals surface area contributed by atoms with Crippen molar-refractivity contribution in [3.8, 4) is 0 Å². The van der Waals surface area contributed by atoms with Crippen molar-refractivity contribution >= 4 is 66.7 Å². The van der Waals surface area contributed by atoms with Crippen LogP contribution in [0.2, 0.25) is 5.02 Å². The second-order valence-corrected chi connectivity index (χ2v) is 9.80. The van der Waals surface area contributed by atoms with Gasteiger partial charge in [-0.05, 0) is 49.2 Å². The third-order valence-corrected chi connectivity index (χ3v) is 7.51. The first-order valence-corrected chi connectivity index (χ1v) is 12.3. The van der Waals surface area contributed by atoms with E-state index >= 15 is 0 Å². The predicted octanol–water partition coefficient (Wildman–Crippen LogP) is 4.57. The molecule has 5 rings (SSSR count).